The molecule has 0 radical (unpaired) electrons. The summed E-state index contributed by atoms with van der Waals surface area (Å²) < 4.78 is 4.77. The zero-order valence-corrected chi connectivity index (χ0v) is 13.2. The van der Waals surface area contributed by atoms with Gasteiger partial charge in [-0.25, -0.2) is 4.79 Å². The number of nitrogens with one attached hydrogen (secondary N) is 1. The van der Waals surface area contributed by atoms with Gasteiger partial charge in [-0.05, 0) is 18.9 Å². The first-order valence-electron chi connectivity index (χ1n) is 7.40. The van der Waals surface area contributed by atoms with Gasteiger partial charge in [0.25, 0.3) is 0 Å². The van der Waals surface area contributed by atoms with Crippen molar-refractivity contribution in [1.82, 2.24) is 10.2 Å². The summed E-state index contributed by atoms with van der Waals surface area (Å²) in [7, 11) is 1.28. The number of primary amides is 1. The molecule has 0 aliphatic carbocycles. The Balaban J connectivity index is 2.27. The van der Waals surface area contributed by atoms with Crippen LogP contribution in [0, 0.1) is 0 Å². The Morgan fingerprint density at radius 1 is 1.35 bits per heavy atom. The van der Waals surface area contributed by atoms with Crippen molar-refractivity contribution in [3.63, 3.8) is 0 Å². The van der Waals surface area contributed by atoms with Crippen LogP contribution in [0.15, 0.2) is 30.3 Å². The minimum absolute atomic E-state index is 0.347. The summed E-state index contributed by atoms with van der Waals surface area (Å²) in [5.74, 6) is -1.03. The highest BCUT2D eigenvalue weighted by molar-refractivity contribution is 5.95. The largest absolute Gasteiger partial charge is 0.453 e. The SMILES string of the molecule is COC(=O)N1CCC1(Cc1ccccc1)C(=O)N[C@@H](C)C(N)=O. The molecule has 3 N–H and O–H groups in total. The van der Waals surface area contributed by atoms with E-state index in [-0.39, 0.29) is 0 Å². The van der Waals surface area contributed by atoms with Crippen LogP contribution in [0.25, 0.3) is 0 Å². The van der Waals surface area contributed by atoms with E-state index < -0.39 is 29.5 Å². The zero-order chi connectivity index (χ0) is 17.0. The van der Waals surface area contributed by atoms with Gasteiger partial charge in [-0.1, -0.05) is 30.3 Å². The molecule has 1 aliphatic heterocycles. The van der Waals surface area contributed by atoms with Crippen molar-refractivity contribution >= 4 is 17.9 Å². The molecular weight excluding hydrogens is 298 g/mol. The molecule has 0 spiro atoms. The lowest BCUT2D eigenvalue weighted by molar-refractivity contribution is -0.142. The number of hydrogen-bond acceptors (Lipinski definition) is 4. The molecule has 2 atom stereocenters. The molecule has 124 valence electrons. The van der Waals surface area contributed by atoms with E-state index in [4.69, 9.17) is 10.5 Å². The smallest absolute Gasteiger partial charge is 0.410 e. The highest BCUT2D eigenvalue weighted by Crippen LogP contribution is 2.35. The summed E-state index contributed by atoms with van der Waals surface area (Å²) in [6.07, 6.45) is 0.281. The van der Waals surface area contributed by atoms with Gasteiger partial charge in [0.15, 0.2) is 0 Å². The van der Waals surface area contributed by atoms with Gasteiger partial charge < -0.3 is 15.8 Å². The lowest BCUT2D eigenvalue weighted by Gasteiger charge is -2.50. The predicted octanol–water partition coefficient (Wildman–Crippen LogP) is 0.430. The second-order valence-electron chi connectivity index (χ2n) is 5.66. The van der Waals surface area contributed by atoms with Crippen LogP contribution >= 0.6 is 0 Å². The zero-order valence-electron chi connectivity index (χ0n) is 13.2. The van der Waals surface area contributed by atoms with Gasteiger partial charge in [0, 0.05) is 13.0 Å². The van der Waals surface area contributed by atoms with Gasteiger partial charge in [-0.15, -0.1) is 0 Å². The standard InChI is InChI=1S/C16H21N3O4/c1-11(13(17)20)18-14(21)16(8-9-19(16)15(22)23-2)10-12-6-4-3-5-7-12/h3-7,11H,8-10H2,1-2H3,(H2,17,20)(H,18,21)/t11-,16?/m0/s1. The molecule has 1 saturated heterocycles. The van der Waals surface area contributed by atoms with Crippen LogP contribution in [0.5, 0.6) is 0 Å². The number of benzene rings is 1. The van der Waals surface area contributed by atoms with E-state index in [0.29, 0.717) is 19.4 Å². The molecular formula is C16H21N3O4. The van der Waals surface area contributed by atoms with Crippen molar-refractivity contribution in [3.8, 4) is 0 Å². The van der Waals surface area contributed by atoms with Gasteiger partial charge >= 0.3 is 6.09 Å². The van der Waals surface area contributed by atoms with Crippen LogP contribution in [0.2, 0.25) is 0 Å². The maximum Gasteiger partial charge on any atom is 0.410 e. The Kier molecular flexibility index (Phi) is 4.88. The number of carbonyl (C=O) groups is 3. The Morgan fingerprint density at radius 3 is 2.48 bits per heavy atom. The third kappa shape index (κ3) is 3.28. The van der Waals surface area contributed by atoms with Crippen LogP contribution in [0.4, 0.5) is 4.79 Å². The van der Waals surface area contributed by atoms with Crippen molar-refractivity contribution < 1.29 is 19.1 Å². The number of ether oxygens (including phenoxy) is 1. The summed E-state index contributed by atoms with van der Waals surface area (Å²) in [6, 6.07) is 8.59. The summed E-state index contributed by atoms with van der Waals surface area (Å²) in [6.45, 7) is 1.94. The number of likely N-dealkylation sites (tertiary alicyclic amines) is 1. The van der Waals surface area contributed by atoms with Crippen molar-refractivity contribution in [2.24, 2.45) is 5.73 Å². The number of amides is 3. The van der Waals surface area contributed by atoms with Crippen LogP contribution < -0.4 is 11.1 Å². The lowest BCUT2D eigenvalue weighted by atomic mass is 9.78. The third-order valence-corrected chi connectivity index (χ3v) is 4.20. The second-order valence-corrected chi connectivity index (χ2v) is 5.66. The van der Waals surface area contributed by atoms with E-state index >= 15 is 0 Å². The molecule has 0 saturated carbocycles. The summed E-state index contributed by atoms with van der Waals surface area (Å²) in [5.41, 5.74) is 5.06. The van der Waals surface area contributed by atoms with E-state index in [1.165, 1.54) is 18.9 Å². The van der Waals surface area contributed by atoms with Crippen LogP contribution in [-0.4, -0.2) is 48.0 Å². The fourth-order valence-corrected chi connectivity index (χ4v) is 2.71. The minimum Gasteiger partial charge on any atom is -0.453 e. The first kappa shape index (κ1) is 16.8. The van der Waals surface area contributed by atoms with Crippen LogP contribution in [-0.2, 0) is 20.7 Å². The summed E-state index contributed by atoms with van der Waals surface area (Å²) >= 11 is 0. The summed E-state index contributed by atoms with van der Waals surface area (Å²) in [5, 5.41) is 2.59. The molecule has 7 heteroatoms. The van der Waals surface area contributed by atoms with E-state index in [1.807, 2.05) is 30.3 Å². The van der Waals surface area contributed by atoms with E-state index in [2.05, 4.69) is 5.32 Å². The average Bonchev–Trinajstić information content (AvgIpc) is 2.51. The maximum atomic E-state index is 12.7. The number of hydrogen-bond donors (Lipinski definition) is 2. The normalized spacial score (nSPS) is 21.0. The highest BCUT2D eigenvalue weighted by atomic mass is 16.5. The molecule has 3 amide bonds. The first-order valence-corrected chi connectivity index (χ1v) is 7.40. The number of nitrogens with two attached hydrogens (primary N) is 1. The number of methoxy groups -OCH3 is 1. The van der Waals surface area contributed by atoms with Gasteiger partial charge in [0.05, 0.1) is 7.11 Å². The Hall–Kier alpha value is -2.57. The van der Waals surface area contributed by atoms with Crippen molar-refractivity contribution in [3.05, 3.63) is 35.9 Å². The minimum atomic E-state index is -1.06. The van der Waals surface area contributed by atoms with Crippen molar-refractivity contribution in [2.45, 2.75) is 31.3 Å². The molecule has 1 fully saturated rings. The fraction of sp³-hybridized carbons (Fsp3) is 0.438. The second kappa shape index (κ2) is 6.68. The monoisotopic (exact) mass is 319 g/mol. The van der Waals surface area contributed by atoms with Gasteiger partial charge in [-0.3, -0.25) is 14.5 Å². The molecule has 0 aromatic heterocycles. The predicted molar refractivity (Wildman–Crippen MR) is 83.4 cm³/mol. The van der Waals surface area contributed by atoms with Crippen LogP contribution in [0.3, 0.4) is 0 Å². The number of rotatable bonds is 5. The quantitative estimate of drug-likeness (QED) is 0.821. The lowest BCUT2D eigenvalue weighted by Crippen LogP contribution is -2.71. The molecule has 1 unspecified atom stereocenters. The third-order valence-electron chi connectivity index (χ3n) is 4.20. The van der Waals surface area contributed by atoms with E-state index in [1.54, 1.807) is 0 Å². The molecule has 1 aromatic carbocycles. The molecule has 7 nitrogen and oxygen atoms in total. The maximum absolute atomic E-state index is 12.7. The van der Waals surface area contributed by atoms with Gasteiger partial charge in [0.2, 0.25) is 11.8 Å². The Labute approximate surface area is 134 Å². The number of nitrogens with zero attached hydrogens (tertiary/aromatic N) is 1. The topological polar surface area (TPSA) is 102 Å². The van der Waals surface area contributed by atoms with E-state index in [9.17, 15) is 14.4 Å². The Bertz CT molecular complexity index is 605. The molecule has 2 rings (SSSR count). The molecule has 1 aliphatic rings. The van der Waals surface area contributed by atoms with Gasteiger partial charge in [-0.2, -0.15) is 0 Å². The molecule has 23 heavy (non-hydrogen) atoms. The van der Waals surface area contributed by atoms with Crippen molar-refractivity contribution in [1.29, 1.82) is 0 Å². The average molecular weight is 319 g/mol. The molecule has 1 heterocycles. The van der Waals surface area contributed by atoms with Crippen LogP contribution in [0.1, 0.15) is 18.9 Å². The molecule has 1 aromatic rings. The summed E-state index contributed by atoms with van der Waals surface area (Å²) in [4.78, 5) is 37.3. The van der Waals surface area contributed by atoms with Gasteiger partial charge in [0.1, 0.15) is 11.6 Å². The number of carbonyl (C=O) groups excluding carboxylic acids is 3. The Morgan fingerprint density at radius 2 is 2.00 bits per heavy atom. The first-order chi connectivity index (χ1) is 10.9. The van der Waals surface area contributed by atoms with Crippen molar-refractivity contribution in [2.75, 3.05) is 13.7 Å². The highest BCUT2D eigenvalue weighted by Gasteiger charge is 2.54. The molecule has 0 bridgehead atoms. The van der Waals surface area contributed by atoms with E-state index in [0.717, 1.165) is 5.56 Å². The fourth-order valence-electron chi connectivity index (χ4n) is 2.71.